The standard InChI is InChI=1S/C20H29N5O/c1-26-15-14-24-13-10-21-19(24)17-7-11-25(12-8-17)20-22-9-6-18(23-20)16-4-2-3-5-16/h6,9-10,13,16-17H,2-5,7-8,11-12,14-15H2,1H3. The Bertz CT molecular complexity index is 702. The van der Waals surface area contributed by atoms with Gasteiger partial charge in [-0.1, -0.05) is 12.8 Å². The second-order valence-corrected chi connectivity index (χ2v) is 7.50. The molecular weight excluding hydrogens is 326 g/mol. The maximum Gasteiger partial charge on any atom is 0.225 e. The molecule has 140 valence electrons. The number of methoxy groups -OCH3 is 1. The molecule has 0 aromatic carbocycles. The molecule has 1 aliphatic heterocycles. The highest BCUT2D eigenvalue weighted by Gasteiger charge is 2.26. The van der Waals surface area contributed by atoms with Crippen molar-refractivity contribution in [3.8, 4) is 0 Å². The van der Waals surface area contributed by atoms with Crippen LogP contribution in [0.1, 0.15) is 61.9 Å². The smallest absolute Gasteiger partial charge is 0.225 e. The van der Waals surface area contributed by atoms with Gasteiger partial charge in [-0.25, -0.2) is 15.0 Å². The molecule has 0 atom stereocenters. The Balaban J connectivity index is 1.39. The van der Waals surface area contributed by atoms with Crippen LogP contribution in [0.3, 0.4) is 0 Å². The van der Waals surface area contributed by atoms with Gasteiger partial charge in [-0.2, -0.15) is 0 Å². The molecule has 0 amide bonds. The van der Waals surface area contributed by atoms with Gasteiger partial charge in [0.15, 0.2) is 0 Å². The number of aromatic nitrogens is 4. The van der Waals surface area contributed by atoms with Crippen molar-refractivity contribution in [3.63, 3.8) is 0 Å². The van der Waals surface area contributed by atoms with E-state index in [9.17, 15) is 0 Å². The fourth-order valence-corrected chi connectivity index (χ4v) is 4.36. The molecule has 2 aromatic rings. The summed E-state index contributed by atoms with van der Waals surface area (Å²) in [5.74, 6) is 3.26. The lowest BCUT2D eigenvalue weighted by molar-refractivity contribution is 0.185. The summed E-state index contributed by atoms with van der Waals surface area (Å²) < 4.78 is 7.45. The van der Waals surface area contributed by atoms with Crippen LogP contribution in [0.15, 0.2) is 24.7 Å². The van der Waals surface area contributed by atoms with Gasteiger partial charge in [0.1, 0.15) is 5.82 Å². The minimum atomic E-state index is 0.510. The quantitative estimate of drug-likeness (QED) is 0.795. The first-order valence-corrected chi connectivity index (χ1v) is 9.93. The fourth-order valence-electron chi connectivity index (χ4n) is 4.36. The van der Waals surface area contributed by atoms with Crippen molar-refractivity contribution in [3.05, 3.63) is 36.2 Å². The zero-order chi connectivity index (χ0) is 17.8. The van der Waals surface area contributed by atoms with E-state index in [-0.39, 0.29) is 0 Å². The molecule has 2 aliphatic rings. The number of rotatable bonds is 6. The molecule has 0 radical (unpaired) electrons. The number of anilines is 1. The maximum absolute atomic E-state index is 5.21. The van der Waals surface area contributed by atoms with Gasteiger partial charge >= 0.3 is 0 Å². The number of ether oxygens (including phenoxy) is 1. The zero-order valence-corrected chi connectivity index (χ0v) is 15.7. The SMILES string of the molecule is COCCn1ccnc1C1CCN(c2nccc(C3CCCC3)n2)CC1. The van der Waals surface area contributed by atoms with Gasteiger partial charge in [0.2, 0.25) is 5.95 Å². The van der Waals surface area contributed by atoms with E-state index in [0.717, 1.165) is 45.0 Å². The summed E-state index contributed by atoms with van der Waals surface area (Å²) in [5, 5.41) is 0. The van der Waals surface area contributed by atoms with Crippen molar-refractivity contribution in [1.29, 1.82) is 0 Å². The van der Waals surface area contributed by atoms with Gasteiger partial charge in [0.25, 0.3) is 0 Å². The van der Waals surface area contributed by atoms with Crippen molar-refractivity contribution in [2.24, 2.45) is 0 Å². The number of imidazole rings is 1. The molecule has 2 aromatic heterocycles. The topological polar surface area (TPSA) is 56.1 Å². The molecule has 6 nitrogen and oxygen atoms in total. The summed E-state index contributed by atoms with van der Waals surface area (Å²) >= 11 is 0. The van der Waals surface area contributed by atoms with Gasteiger partial charge < -0.3 is 14.2 Å². The Labute approximate surface area is 155 Å². The third kappa shape index (κ3) is 3.75. The van der Waals surface area contributed by atoms with Crippen LogP contribution < -0.4 is 4.90 Å². The van der Waals surface area contributed by atoms with Crippen LogP contribution in [0.5, 0.6) is 0 Å². The van der Waals surface area contributed by atoms with E-state index >= 15 is 0 Å². The van der Waals surface area contributed by atoms with Gasteiger partial charge in [-0.05, 0) is 31.7 Å². The fraction of sp³-hybridized carbons (Fsp3) is 0.650. The lowest BCUT2D eigenvalue weighted by Gasteiger charge is -2.32. The van der Waals surface area contributed by atoms with Gasteiger partial charge in [-0.15, -0.1) is 0 Å². The summed E-state index contributed by atoms with van der Waals surface area (Å²) in [6, 6.07) is 2.11. The minimum absolute atomic E-state index is 0.510. The van der Waals surface area contributed by atoms with Crippen molar-refractivity contribution < 1.29 is 4.74 Å². The Hall–Kier alpha value is -1.95. The minimum Gasteiger partial charge on any atom is -0.383 e. The summed E-state index contributed by atoms with van der Waals surface area (Å²) in [7, 11) is 1.74. The monoisotopic (exact) mass is 355 g/mol. The predicted octanol–water partition coefficient (Wildman–Crippen LogP) is 3.36. The van der Waals surface area contributed by atoms with Gasteiger partial charge in [0.05, 0.1) is 6.61 Å². The second kappa shape index (κ2) is 8.16. The van der Waals surface area contributed by atoms with Crippen LogP contribution in [0.25, 0.3) is 0 Å². The van der Waals surface area contributed by atoms with Crippen LogP contribution in [0, 0.1) is 0 Å². The molecule has 2 fully saturated rings. The molecular formula is C20H29N5O. The Morgan fingerprint density at radius 2 is 1.85 bits per heavy atom. The number of hydrogen-bond donors (Lipinski definition) is 0. The average molecular weight is 355 g/mol. The van der Waals surface area contributed by atoms with Crippen LogP contribution in [0.2, 0.25) is 0 Å². The summed E-state index contributed by atoms with van der Waals surface area (Å²) in [5.41, 5.74) is 1.24. The third-order valence-electron chi connectivity index (χ3n) is 5.86. The molecule has 0 N–H and O–H groups in total. The van der Waals surface area contributed by atoms with Crippen molar-refractivity contribution in [1.82, 2.24) is 19.5 Å². The molecule has 1 saturated carbocycles. The third-order valence-corrected chi connectivity index (χ3v) is 5.86. The van der Waals surface area contributed by atoms with Crippen LogP contribution >= 0.6 is 0 Å². The first-order chi connectivity index (χ1) is 12.8. The summed E-state index contributed by atoms with van der Waals surface area (Å²) in [6.45, 7) is 3.59. The van der Waals surface area contributed by atoms with Gasteiger partial charge in [-0.3, -0.25) is 0 Å². The van der Waals surface area contributed by atoms with Crippen molar-refractivity contribution >= 4 is 5.95 Å². The largest absolute Gasteiger partial charge is 0.383 e. The lowest BCUT2D eigenvalue weighted by Crippen LogP contribution is -2.35. The second-order valence-electron chi connectivity index (χ2n) is 7.50. The number of nitrogens with zero attached hydrogens (tertiary/aromatic N) is 5. The number of hydrogen-bond acceptors (Lipinski definition) is 5. The molecule has 3 heterocycles. The molecule has 4 rings (SSSR count). The van der Waals surface area contributed by atoms with Crippen LogP contribution in [0.4, 0.5) is 5.95 Å². The highest BCUT2D eigenvalue weighted by Crippen LogP contribution is 2.34. The molecule has 0 spiro atoms. The molecule has 1 aliphatic carbocycles. The number of piperidine rings is 1. The Morgan fingerprint density at radius 1 is 1.04 bits per heavy atom. The van der Waals surface area contributed by atoms with Crippen LogP contribution in [-0.2, 0) is 11.3 Å². The van der Waals surface area contributed by atoms with Crippen molar-refractivity contribution in [2.45, 2.75) is 56.9 Å². The van der Waals surface area contributed by atoms with Crippen LogP contribution in [-0.4, -0.2) is 46.3 Å². The van der Waals surface area contributed by atoms with E-state index in [2.05, 4.69) is 31.7 Å². The van der Waals surface area contributed by atoms with E-state index < -0.39 is 0 Å². The molecule has 0 bridgehead atoms. The normalized spacial score (nSPS) is 19.3. The van der Waals surface area contributed by atoms with E-state index in [1.54, 1.807) is 7.11 Å². The molecule has 26 heavy (non-hydrogen) atoms. The predicted molar refractivity (Wildman–Crippen MR) is 102 cm³/mol. The average Bonchev–Trinajstić information content (AvgIpc) is 3.38. The summed E-state index contributed by atoms with van der Waals surface area (Å²) in [6.07, 6.45) is 13.4. The first kappa shape index (κ1) is 17.5. The Kier molecular flexibility index (Phi) is 5.48. The summed E-state index contributed by atoms with van der Waals surface area (Å²) in [4.78, 5) is 16.4. The highest BCUT2D eigenvalue weighted by atomic mass is 16.5. The Morgan fingerprint density at radius 3 is 2.62 bits per heavy atom. The maximum atomic E-state index is 5.21. The molecule has 1 saturated heterocycles. The van der Waals surface area contributed by atoms with E-state index in [4.69, 9.17) is 9.72 Å². The molecule has 0 unspecified atom stereocenters. The molecule has 6 heteroatoms. The first-order valence-electron chi connectivity index (χ1n) is 9.93. The van der Waals surface area contributed by atoms with Gasteiger partial charge in [0, 0.05) is 62.9 Å². The van der Waals surface area contributed by atoms with Crippen molar-refractivity contribution in [2.75, 3.05) is 31.7 Å². The van der Waals surface area contributed by atoms with E-state index in [1.807, 2.05) is 12.4 Å². The lowest BCUT2D eigenvalue weighted by atomic mass is 9.96. The van der Waals surface area contributed by atoms with E-state index in [1.165, 1.54) is 37.2 Å². The van der Waals surface area contributed by atoms with E-state index in [0.29, 0.717) is 11.8 Å². The highest BCUT2D eigenvalue weighted by molar-refractivity contribution is 5.32. The zero-order valence-electron chi connectivity index (χ0n) is 15.7.